The average molecular weight is 287 g/mol. The van der Waals surface area contributed by atoms with Crippen molar-refractivity contribution < 1.29 is 4.74 Å². The van der Waals surface area contributed by atoms with E-state index in [-0.39, 0.29) is 0 Å². The third-order valence-electron chi connectivity index (χ3n) is 3.07. The summed E-state index contributed by atoms with van der Waals surface area (Å²) in [7, 11) is 1.69. The highest BCUT2D eigenvalue weighted by Crippen LogP contribution is 2.32. The lowest BCUT2D eigenvalue weighted by Gasteiger charge is -2.11. The van der Waals surface area contributed by atoms with Crippen LogP contribution in [-0.2, 0) is 6.54 Å². The first kappa shape index (κ1) is 14.9. The van der Waals surface area contributed by atoms with Crippen LogP contribution in [0.4, 0.5) is 0 Å². The van der Waals surface area contributed by atoms with Gasteiger partial charge in [-0.05, 0) is 49.4 Å². The molecule has 0 saturated carbocycles. The van der Waals surface area contributed by atoms with E-state index in [0.29, 0.717) is 0 Å². The second-order valence-electron chi connectivity index (χ2n) is 4.67. The molecule has 0 aromatic heterocycles. The molecule has 0 aliphatic heterocycles. The monoisotopic (exact) mass is 287 g/mol. The van der Waals surface area contributed by atoms with E-state index in [9.17, 15) is 0 Å². The van der Waals surface area contributed by atoms with Gasteiger partial charge in [-0.3, -0.25) is 0 Å². The number of hydrogen-bond donors (Lipinski definition) is 1. The van der Waals surface area contributed by atoms with Crippen LogP contribution < -0.4 is 10.1 Å². The summed E-state index contributed by atoms with van der Waals surface area (Å²) in [5.41, 5.74) is 2.66. The Hall–Kier alpha value is -1.45. The summed E-state index contributed by atoms with van der Waals surface area (Å²) in [5.74, 6) is 0.895. The zero-order valence-electron chi connectivity index (χ0n) is 12.3. The van der Waals surface area contributed by atoms with Crippen LogP contribution in [0.1, 0.15) is 18.1 Å². The number of hydrogen-bond acceptors (Lipinski definition) is 3. The van der Waals surface area contributed by atoms with Crippen LogP contribution in [0.3, 0.4) is 0 Å². The van der Waals surface area contributed by atoms with E-state index in [4.69, 9.17) is 4.74 Å². The van der Waals surface area contributed by atoms with Gasteiger partial charge in [0.1, 0.15) is 5.75 Å². The molecule has 2 nitrogen and oxygen atoms in total. The van der Waals surface area contributed by atoms with Crippen LogP contribution in [0, 0.1) is 6.92 Å². The van der Waals surface area contributed by atoms with E-state index < -0.39 is 0 Å². The van der Waals surface area contributed by atoms with E-state index in [1.165, 1.54) is 20.9 Å². The fourth-order valence-electron chi connectivity index (χ4n) is 1.98. The largest absolute Gasteiger partial charge is 0.497 e. The van der Waals surface area contributed by atoms with Crippen molar-refractivity contribution >= 4 is 11.8 Å². The molecule has 0 aliphatic carbocycles. The van der Waals surface area contributed by atoms with Crippen LogP contribution in [0.2, 0.25) is 0 Å². The van der Waals surface area contributed by atoms with Crippen molar-refractivity contribution in [3.05, 3.63) is 53.6 Å². The third-order valence-corrected chi connectivity index (χ3v) is 4.19. The minimum Gasteiger partial charge on any atom is -0.497 e. The molecule has 0 radical (unpaired) electrons. The molecule has 0 saturated heterocycles. The Morgan fingerprint density at radius 1 is 1.10 bits per heavy atom. The van der Waals surface area contributed by atoms with Crippen molar-refractivity contribution in [2.45, 2.75) is 30.2 Å². The normalized spacial score (nSPS) is 10.6. The molecule has 0 atom stereocenters. The second kappa shape index (κ2) is 7.36. The van der Waals surface area contributed by atoms with Gasteiger partial charge in [0, 0.05) is 16.3 Å². The zero-order chi connectivity index (χ0) is 14.4. The Balaban J connectivity index is 2.18. The molecule has 0 heterocycles. The Labute approximate surface area is 125 Å². The van der Waals surface area contributed by atoms with Crippen LogP contribution in [0.5, 0.6) is 5.75 Å². The van der Waals surface area contributed by atoms with Gasteiger partial charge in [-0.15, -0.1) is 0 Å². The first-order valence-electron chi connectivity index (χ1n) is 6.85. The molecule has 2 aromatic carbocycles. The predicted octanol–water partition coefficient (Wildman–Crippen LogP) is 4.26. The molecule has 0 fully saturated rings. The maximum Gasteiger partial charge on any atom is 0.118 e. The van der Waals surface area contributed by atoms with Gasteiger partial charge in [0.15, 0.2) is 0 Å². The maximum absolute atomic E-state index is 5.19. The van der Waals surface area contributed by atoms with Gasteiger partial charge in [-0.1, -0.05) is 36.4 Å². The van der Waals surface area contributed by atoms with Gasteiger partial charge >= 0.3 is 0 Å². The van der Waals surface area contributed by atoms with Crippen LogP contribution in [-0.4, -0.2) is 13.7 Å². The standard InChI is InChI=1S/C17H21NOS/c1-4-18-12-14-11-13(2)5-10-17(14)20-16-8-6-15(19-3)7-9-16/h5-11,18H,4,12H2,1-3H3. The smallest absolute Gasteiger partial charge is 0.118 e. The minimum absolute atomic E-state index is 0.895. The summed E-state index contributed by atoms with van der Waals surface area (Å²) in [6, 6.07) is 14.8. The van der Waals surface area contributed by atoms with Crippen LogP contribution in [0.15, 0.2) is 52.3 Å². The Kier molecular flexibility index (Phi) is 5.50. The molecule has 20 heavy (non-hydrogen) atoms. The minimum atomic E-state index is 0.895. The van der Waals surface area contributed by atoms with Crippen molar-refractivity contribution in [1.82, 2.24) is 5.32 Å². The topological polar surface area (TPSA) is 21.3 Å². The average Bonchev–Trinajstić information content (AvgIpc) is 2.48. The van der Waals surface area contributed by atoms with Crippen LogP contribution in [0.25, 0.3) is 0 Å². The molecule has 2 rings (SSSR count). The maximum atomic E-state index is 5.19. The molecule has 106 valence electrons. The Morgan fingerprint density at radius 3 is 2.50 bits per heavy atom. The first-order valence-corrected chi connectivity index (χ1v) is 7.66. The summed E-state index contributed by atoms with van der Waals surface area (Å²) in [5, 5.41) is 3.40. The number of aryl methyl sites for hydroxylation is 1. The van der Waals surface area contributed by atoms with Gasteiger partial charge < -0.3 is 10.1 Å². The highest BCUT2D eigenvalue weighted by Gasteiger charge is 2.05. The number of ether oxygens (including phenoxy) is 1. The molecule has 0 unspecified atom stereocenters. The van der Waals surface area contributed by atoms with Gasteiger partial charge in [0.2, 0.25) is 0 Å². The molecule has 1 N–H and O–H groups in total. The summed E-state index contributed by atoms with van der Waals surface area (Å²) < 4.78 is 5.19. The van der Waals surface area contributed by atoms with E-state index in [1.54, 1.807) is 18.9 Å². The number of rotatable bonds is 6. The molecule has 0 amide bonds. The van der Waals surface area contributed by atoms with E-state index in [0.717, 1.165) is 18.8 Å². The summed E-state index contributed by atoms with van der Waals surface area (Å²) >= 11 is 1.80. The fourth-order valence-corrected chi connectivity index (χ4v) is 2.90. The van der Waals surface area contributed by atoms with Gasteiger partial charge in [-0.2, -0.15) is 0 Å². The lowest BCUT2D eigenvalue weighted by Crippen LogP contribution is -2.12. The van der Waals surface area contributed by atoms with Crippen LogP contribution >= 0.6 is 11.8 Å². The van der Waals surface area contributed by atoms with Crippen molar-refractivity contribution in [1.29, 1.82) is 0 Å². The van der Waals surface area contributed by atoms with Crippen molar-refractivity contribution in [3.63, 3.8) is 0 Å². The summed E-state index contributed by atoms with van der Waals surface area (Å²) in [4.78, 5) is 2.54. The number of nitrogens with one attached hydrogen (secondary N) is 1. The van der Waals surface area contributed by atoms with E-state index >= 15 is 0 Å². The highest BCUT2D eigenvalue weighted by atomic mass is 32.2. The van der Waals surface area contributed by atoms with Gasteiger partial charge in [0.05, 0.1) is 7.11 Å². The predicted molar refractivity (Wildman–Crippen MR) is 85.7 cm³/mol. The molecule has 2 aromatic rings. The first-order chi connectivity index (χ1) is 9.72. The lowest BCUT2D eigenvalue weighted by molar-refractivity contribution is 0.414. The van der Waals surface area contributed by atoms with Gasteiger partial charge in [-0.25, -0.2) is 0 Å². The quantitative estimate of drug-likeness (QED) is 0.857. The Morgan fingerprint density at radius 2 is 1.85 bits per heavy atom. The summed E-state index contributed by atoms with van der Waals surface area (Å²) in [6.45, 7) is 6.17. The SMILES string of the molecule is CCNCc1cc(C)ccc1Sc1ccc(OC)cc1. The number of benzene rings is 2. The highest BCUT2D eigenvalue weighted by molar-refractivity contribution is 7.99. The summed E-state index contributed by atoms with van der Waals surface area (Å²) in [6.07, 6.45) is 0. The van der Waals surface area contributed by atoms with Crippen molar-refractivity contribution in [2.24, 2.45) is 0 Å². The number of methoxy groups -OCH3 is 1. The molecule has 3 heteroatoms. The molecule has 0 bridgehead atoms. The Bertz CT molecular complexity index is 551. The third kappa shape index (κ3) is 4.02. The van der Waals surface area contributed by atoms with Gasteiger partial charge in [0.25, 0.3) is 0 Å². The molecule has 0 aliphatic rings. The molecular formula is C17H21NOS. The second-order valence-corrected chi connectivity index (χ2v) is 5.78. The molecule has 0 spiro atoms. The van der Waals surface area contributed by atoms with E-state index in [2.05, 4.69) is 49.5 Å². The van der Waals surface area contributed by atoms with E-state index in [1.807, 2.05) is 12.1 Å². The van der Waals surface area contributed by atoms with Crippen molar-refractivity contribution in [2.75, 3.05) is 13.7 Å². The lowest BCUT2D eigenvalue weighted by atomic mass is 10.1. The fraction of sp³-hybridized carbons (Fsp3) is 0.294. The zero-order valence-corrected chi connectivity index (χ0v) is 13.1. The van der Waals surface area contributed by atoms with Crippen molar-refractivity contribution in [3.8, 4) is 5.75 Å². The molecular weight excluding hydrogens is 266 g/mol.